The molecule has 5 heteroatoms. The molecule has 0 aromatic heterocycles. The van der Waals surface area contributed by atoms with Crippen molar-refractivity contribution in [3.8, 4) is 5.75 Å². The van der Waals surface area contributed by atoms with Crippen LogP contribution in [0.4, 0.5) is 5.69 Å². The predicted octanol–water partition coefficient (Wildman–Crippen LogP) is 4.64. The van der Waals surface area contributed by atoms with E-state index in [-0.39, 0.29) is 17.1 Å². The SMILES string of the molecule is Cc1ccc(/C(O)=C2\C(=O)C(=O)N(c3ccc(O)cc3)C2c2ccc(C)cc2)cc1. The Morgan fingerprint density at radius 1 is 0.800 bits per heavy atom. The van der Waals surface area contributed by atoms with Crippen LogP contribution in [0.5, 0.6) is 5.75 Å². The number of aromatic hydroxyl groups is 1. The molecule has 1 aliphatic heterocycles. The molecule has 0 radical (unpaired) electrons. The lowest BCUT2D eigenvalue weighted by atomic mass is 9.94. The van der Waals surface area contributed by atoms with Gasteiger partial charge >= 0.3 is 0 Å². The van der Waals surface area contributed by atoms with Gasteiger partial charge in [0.2, 0.25) is 0 Å². The molecule has 150 valence electrons. The van der Waals surface area contributed by atoms with Gasteiger partial charge in [0.15, 0.2) is 0 Å². The summed E-state index contributed by atoms with van der Waals surface area (Å²) in [4.78, 5) is 27.4. The molecule has 1 saturated heterocycles. The number of phenols is 1. The van der Waals surface area contributed by atoms with Gasteiger partial charge < -0.3 is 10.2 Å². The van der Waals surface area contributed by atoms with Gasteiger partial charge in [-0.25, -0.2) is 0 Å². The maximum absolute atomic E-state index is 13.0. The van der Waals surface area contributed by atoms with E-state index < -0.39 is 17.7 Å². The van der Waals surface area contributed by atoms with Crippen LogP contribution in [-0.2, 0) is 9.59 Å². The molecule has 3 aromatic carbocycles. The number of aryl methyl sites for hydroxylation is 2. The first-order valence-corrected chi connectivity index (χ1v) is 9.60. The van der Waals surface area contributed by atoms with Crippen LogP contribution in [0.1, 0.15) is 28.3 Å². The van der Waals surface area contributed by atoms with Gasteiger partial charge in [-0.2, -0.15) is 0 Å². The van der Waals surface area contributed by atoms with Gasteiger partial charge in [0.05, 0.1) is 11.6 Å². The number of ketones is 1. The van der Waals surface area contributed by atoms with Crippen molar-refractivity contribution in [2.24, 2.45) is 0 Å². The standard InChI is InChI=1S/C25H21NO4/c1-15-3-7-17(8-4-15)22-21(23(28)18-9-5-16(2)6-10-18)24(29)25(30)26(22)19-11-13-20(27)14-12-19/h3-14,22,27-28H,1-2H3/b23-21+. The highest BCUT2D eigenvalue weighted by Crippen LogP contribution is 2.42. The summed E-state index contributed by atoms with van der Waals surface area (Å²) in [6, 6.07) is 19.9. The number of hydrogen-bond donors (Lipinski definition) is 2. The first-order valence-electron chi connectivity index (χ1n) is 9.60. The lowest BCUT2D eigenvalue weighted by molar-refractivity contribution is -0.132. The van der Waals surface area contributed by atoms with Crippen molar-refractivity contribution >= 4 is 23.1 Å². The van der Waals surface area contributed by atoms with Crippen LogP contribution in [0, 0.1) is 13.8 Å². The Balaban J connectivity index is 1.93. The van der Waals surface area contributed by atoms with E-state index in [4.69, 9.17) is 0 Å². The van der Waals surface area contributed by atoms with Gasteiger partial charge in [-0.05, 0) is 43.7 Å². The Morgan fingerprint density at radius 2 is 1.33 bits per heavy atom. The molecule has 1 heterocycles. The second-order valence-electron chi connectivity index (χ2n) is 7.46. The molecule has 4 rings (SSSR count). The van der Waals surface area contributed by atoms with E-state index in [0.717, 1.165) is 11.1 Å². The Morgan fingerprint density at radius 3 is 1.90 bits per heavy atom. The minimum Gasteiger partial charge on any atom is -0.508 e. The Labute approximate surface area is 174 Å². The van der Waals surface area contributed by atoms with E-state index >= 15 is 0 Å². The number of carbonyl (C=O) groups is 2. The van der Waals surface area contributed by atoms with E-state index in [9.17, 15) is 19.8 Å². The Kier molecular flexibility index (Phi) is 4.88. The summed E-state index contributed by atoms with van der Waals surface area (Å²) in [5.41, 5.74) is 3.75. The smallest absolute Gasteiger partial charge is 0.300 e. The molecule has 2 N–H and O–H groups in total. The van der Waals surface area contributed by atoms with Crippen LogP contribution >= 0.6 is 0 Å². The quantitative estimate of drug-likeness (QED) is 0.382. The summed E-state index contributed by atoms with van der Waals surface area (Å²) in [5, 5.41) is 20.7. The summed E-state index contributed by atoms with van der Waals surface area (Å²) in [5.74, 6) is -1.62. The molecule has 0 bridgehead atoms. The molecule has 1 fully saturated rings. The summed E-state index contributed by atoms with van der Waals surface area (Å²) in [6.45, 7) is 3.88. The van der Waals surface area contributed by atoms with E-state index in [0.29, 0.717) is 16.8 Å². The van der Waals surface area contributed by atoms with Gasteiger partial charge in [0.1, 0.15) is 11.5 Å². The van der Waals surface area contributed by atoms with Gasteiger partial charge in [0, 0.05) is 11.3 Å². The fraction of sp³-hybridized carbons (Fsp3) is 0.120. The zero-order valence-electron chi connectivity index (χ0n) is 16.7. The number of hydrogen-bond acceptors (Lipinski definition) is 4. The number of phenolic OH excluding ortho intramolecular Hbond substituents is 1. The minimum absolute atomic E-state index is 0.0424. The van der Waals surface area contributed by atoms with Crippen molar-refractivity contribution in [1.29, 1.82) is 0 Å². The molecule has 3 aromatic rings. The average molecular weight is 399 g/mol. The second-order valence-corrected chi connectivity index (χ2v) is 7.46. The monoisotopic (exact) mass is 399 g/mol. The highest BCUT2D eigenvalue weighted by Gasteiger charge is 2.46. The maximum atomic E-state index is 13.0. The lowest BCUT2D eigenvalue weighted by Crippen LogP contribution is -2.29. The summed E-state index contributed by atoms with van der Waals surface area (Å²) >= 11 is 0. The molecule has 0 saturated carbocycles. The van der Waals surface area contributed by atoms with Crippen LogP contribution in [0.25, 0.3) is 5.76 Å². The van der Waals surface area contributed by atoms with E-state index in [1.54, 1.807) is 24.3 Å². The van der Waals surface area contributed by atoms with Crippen LogP contribution in [0.2, 0.25) is 0 Å². The van der Waals surface area contributed by atoms with E-state index in [1.165, 1.54) is 17.0 Å². The number of aliphatic hydroxyl groups is 1. The fourth-order valence-corrected chi connectivity index (χ4v) is 3.64. The average Bonchev–Trinajstić information content (AvgIpc) is 3.00. The van der Waals surface area contributed by atoms with Gasteiger partial charge in [-0.3, -0.25) is 14.5 Å². The lowest BCUT2D eigenvalue weighted by Gasteiger charge is -2.25. The molecule has 1 unspecified atom stereocenters. The van der Waals surface area contributed by atoms with Crippen molar-refractivity contribution < 1.29 is 19.8 Å². The minimum atomic E-state index is -0.781. The van der Waals surface area contributed by atoms with E-state index in [2.05, 4.69) is 0 Å². The molecule has 30 heavy (non-hydrogen) atoms. The Hall–Kier alpha value is -3.86. The molecular weight excluding hydrogens is 378 g/mol. The predicted molar refractivity (Wildman–Crippen MR) is 115 cm³/mol. The van der Waals surface area contributed by atoms with Crippen LogP contribution in [0.15, 0.2) is 78.4 Å². The van der Waals surface area contributed by atoms with Crippen molar-refractivity contribution in [3.63, 3.8) is 0 Å². The number of benzene rings is 3. The fourth-order valence-electron chi connectivity index (χ4n) is 3.64. The van der Waals surface area contributed by atoms with E-state index in [1.807, 2.05) is 50.2 Å². The van der Waals surface area contributed by atoms with Crippen molar-refractivity contribution in [3.05, 3.63) is 101 Å². The first kappa shape index (κ1) is 19.5. The summed E-state index contributed by atoms with van der Waals surface area (Å²) in [7, 11) is 0. The number of carbonyl (C=O) groups excluding carboxylic acids is 2. The number of aliphatic hydroxyl groups excluding tert-OH is 1. The number of Topliss-reactive ketones (excluding diaryl/α,β-unsaturated/α-hetero) is 1. The molecule has 1 aliphatic rings. The number of amides is 1. The number of nitrogens with zero attached hydrogens (tertiary/aromatic N) is 1. The molecular formula is C25H21NO4. The van der Waals surface area contributed by atoms with Gasteiger partial charge in [-0.15, -0.1) is 0 Å². The van der Waals surface area contributed by atoms with Crippen LogP contribution < -0.4 is 4.90 Å². The largest absolute Gasteiger partial charge is 0.508 e. The molecule has 1 amide bonds. The third-order valence-electron chi connectivity index (χ3n) is 5.29. The molecule has 5 nitrogen and oxygen atoms in total. The third kappa shape index (κ3) is 3.35. The van der Waals surface area contributed by atoms with Crippen LogP contribution in [-0.4, -0.2) is 21.9 Å². The van der Waals surface area contributed by atoms with Crippen LogP contribution in [0.3, 0.4) is 0 Å². The molecule has 0 spiro atoms. The van der Waals surface area contributed by atoms with Crippen molar-refractivity contribution in [1.82, 2.24) is 0 Å². The molecule has 0 aliphatic carbocycles. The van der Waals surface area contributed by atoms with Gasteiger partial charge in [-0.1, -0.05) is 59.7 Å². The Bertz CT molecular complexity index is 1140. The maximum Gasteiger partial charge on any atom is 0.300 e. The van der Waals surface area contributed by atoms with Crippen molar-refractivity contribution in [2.75, 3.05) is 4.90 Å². The number of anilines is 1. The zero-order chi connectivity index (χ0) is 21.4. The summed E-state index contributed by atoms with van der Waals surface area (Å²) < 4.78 is 0. The molecule has 1 atom stereocenters. The summed E-state index contributed by atoms with van der Waals surface area (Å²) in [6.07, 6.45) is 0. The van der Waals surface area contributed by atoms with Crippen molar-refractivity contribution in [2.45, 2.75) is 19.9 Å². The first-order chi connectivity index (χ1) is 14.4. The normalized spacial score (nSPS) is 18.1. The second kappa shape index (κ2) is 7.52. The third-order valence-corrected chi connectivity index (χ3v) is 5.29. The number of rotatable bonds is 3. The highest BCUT2D eigenvalue weighted by atomic mass is 16.3. The zero-order valence-corrected chi connectivity index (χ0v) is 16.7. The highest BCUT2D eigenvalue weighted by molar-refractivity contribution is 6.51. The topological polar surface area (TPSA) is 77.8 Å². The van der Waals surface area contributed by atoms with Gasteiger partial charge in [0.25, 0.3) is 11.7 Å².